The number of rotatable bonds is 4. The number of carbonyl (C=O) groups is 2. The largest absolute Gasteiger partial charge is 0.464 e. The molecule has 27 heavy (non-hydrogen) atoms. The Morgan fingerprint density at radius 3 is 2.70 bits per heavy atom. The third kappa shape index (κ3) is 2.87. The highest BCUT2D eigenvalue weighted by molar-refractivity contribution is 6.30. The first kappa shape index (κ1) is 17.0. The van der Waals surface area contributed by atoms with E-state index in [9.17, 15) is 9.59 Å². The maximum Gasteiger partial charge on any atom is 0.355 e. The molecule has 136 valence electrons. The molecule has 2 aromatic heterocycles. The van der Waals surface area contributed by atoms with Crippen LogP contribution in [0.3, 0.4) is 0 Å². The number of methoxy groups -OCH3 is 1. The van der Waals surface area contributed by atoms with Crippen LogP contribution in [0.15, 0.2) is 58.3 Å². The summed E-state index contributed by atoms with van der Waals surface area (Å²) in [6.07, 6.45) is 1.38. The molecule has 0 radical (unpaired) electrons. The van der Waals surface area contributed by atoms with Crippen molar-refractivity contribution in [2.45, 2.75) is 6.04 Å². The van der Waals surface area contributed by atoms with Gasteiger partial charge in [0.2, 0.25) is 11.7 Å². The van der Waals surface area contributed by atoms with Crippen molar-refractivity contribution in [1.29, 1.82) is 0 Å². The predicted molar refractivity (Wildman–Crippen MR) is 93.1 cm³/mol. The van der Waals surface area contributed by atoms with Crippen LogP contribution < -0.4 is 5.32 Å². The van der Waals surface area contributed by atoms with E-state index in [2.05, 4.69) is 20.8 Å². The van der Waals surface area contributed by atoms with Crippen molar-refractivity contribution in [2.75, 3.05) is 12.4 Å². The van der Waals surface area contributed by atoms with Crippen LogP contribution in [0.25, 0.3) is 0 Å². The molecule has 0 saturated carbocycles. The lowest BCUT2D eigenvalue weighted by Gasteiger charge is -2.27. The summed E-state index contributed by atoms with van der Waals surface area (Å²) >= 11 is 5.98. The number of halogens is 1. The highest BCUT2D eigenvalue weighted by Crippen LogP contribution is 2.36. The molecule has 1 atom stereocenters. The van der Waals surface area contributed by atoms with Gasteiger partial charge in [0.25, 0.3) is 0 Å². The smallest absolute Gasteiger partial charge is 0.355 e. The standard InChI is InChI=1S/C17H12ClN5O4/c1-26-16(25)13-12(15(24)11-3-2-8-27-11)14(9-4-6-10(18)7-5-9)23-17(19-13)20-21-22-23/h2-8,14H,1H3,(H,19,20,22). The first-order valence-electron chi connectivity index (χ1n) is 7.81. The Balaban J connectivity index is 1.95. The molecule has 3 heterocycles. The molecule has 0 fully saturated rings. The minimum absolute atomic E-state index is 0.0545. The van der Waals surface area contributed by atoms with Gasteiger partial charge in [0.1, 0.15) is 11.7 Å². The van der Waals surface area contributed by atoms with Gasteiger partial charge in [-0.3, -0.25) is 4.79 Å². The molecule has 0 spiro atoms. The van der Waals surface area contributed by atoms with Crippen molar-refractivity contribution in [1.82, 2.24) is 20.2 Å². The molecule has 1 aliphatic rings. The summed E-state index contributed by atoms with van der Waals surface area (Å²) in [5, 5.41) is 14.8. The van der Waals surface area contributed by atoms with Gasteiger partial charge in [-0.15, -0.1) is 0 Å². The maximum atomic E-state index is 13.2. The molecular formula is C17H12ClN5O4. The number of hydrogen-bond acceptors (Lipinski definition) is 8. The van der Waals surface area contributed by atoms with Crippen LogP contribution in [0.2, 0.25) is 5.02 Å². The SMILES string of the molecule is COC(=O)C1=C(C(=O)c2ccco2)C(c2ccc(Cl)cc2)n2nnnc2N1. The van der Waals surface area contributed by atoms with Crippen LogP contribution in [0.1, 0.15) is 22.2 Å². The normalized spacial score (nSPS) is 15.9. The van der Waals surface area contributed by atoms with Crippen molar-refractivity contribution in [3.05, 3.63) is 70.3 Å². The zero-order valence-electron chi connectivity index (χ0n) is 13.9. The summed E-state index contributed by atoms with van der Waals surface area (Å²) in [6, 6.07) is 9.13. The van der Waals surface area contributed by atoms with Crippen molar-refractivity contribution >= 4 is 29.3 Å². The molecule has 3 aromatic rings. The minimum atomic E-state index is -0.778. The number of nitrogens with one attached hydrogen (secondary N) is 1. The number of benzene rings is 1. The number of anilines is 1. The number of nitrogens with zero attached hydrogens (tertiary/aromatic N) is 4. The number of furan rings is 1. The Bertz CT molecular complexity index is 1040. The molecule has 0 amide bonds. The first-order chi connectivity index (χ1) is 13.1. The Morgan fingerprint density at radius 1 is 1.26 bits per heavy atom. The lowest BCUT2D eigenvalue weighted by molar-refractivity contribution is -0.136. The van der Waals surface area contributed by atoms with Gasteiger partial charge in [0.05, 0.1) is 18.9 Å². The van der Waals surface area contributed by atoms with E-state index < -0.39 is 17.8 Å². The van der Waals surface area contributed by atoms with Gasteiger partial charge in [0.15, 0.2) is 5.76 Å². The molecular weight excluding hydrogens is 374 g/mol. The zero-order chi connectivity index (χ0) is 19.0. The fraction of sp³-hybridized carbons (Fsp3) is 0.118. The number of aromatic nitrogens is 4. The molecule has 1 unspecified atom stereocenters. The van der Waals surface area contributed by atoms with Gasteiger partial charge in [-0.05, 0) is 40.3 Å². The van der Waals surface area contributed by atoms with E-state index in [1.807, 2.05) is 0 Å². The number of carbonyl (C=O) groups excluding carboxylic acids is 2. The summed E-state index contributed by atoms with van der Waals surface area (Å²) in [5.41, 5.74) is 0.700. The van der Waals surface area contributed by atoms with Gasteiger partial charge in [-0.25, -0.2) is 4.79 Å². The van der Waals surface area contributed by atoms with E-state index in [-0.39, 0.29) is 23.0 Å². The van der Waals surface area contributed by atoms with Gasteiger partial charge in [-0.1, -0.05) is 28.8 Å². The molecule has 1 aliphatic heterocycles. The summed E-state index contributed by atoms with van der Waals surface area (Å²) < 4.78 is 11.5. The van der Waals surface area contributed by atoms with Gasteiger partial charge < -0.3 is 14.5 Å². The first-order valence-corrected chi connectivity index (χ1v) is 8.19. The second kappa shape index (κ2) is 6.69. The van der Waals surface area contributed by atoms with Crippen molar-refractivity contribution in [3.63, 3.8) is 0 Å². The van der Waals surface area contributed by atoms with E-state index >= 15 is 0 Å². The average Bonchev–Trinajstić information content (AvgIpc) is 3.37. The fourth-order valence-corrected chi connectivity index (χ4v) is 3.01. The molecule has 10 heteroatoms. The number of Topliss-reactive ketones (excluding diaryl/α,β-unsaturated/α-hetero) is 1. The lowest BCUT2D eigenvalue weighted by Crippen LogP contribution is -2.32. The zero-order valence-corrected chi connectivity index (χ0v) is 14.7. The molecule has 0 saturated heterocycles. The summed E-state index contributed by atoms with van der Waals surface area (Å²) in [6.45, 7) is 0. The highest BCUT2D eigenvalue weighted by atomic mass is 35.5. The number of ether oxygens (including phenoxy) is 1. The molecule has 0 bridgehead atoms. The molecule has 0 aliphatic carbocycles. The summed E-state index contributed by atoms with van der Waals surface area (Å²) in [7, 11) is 1.22. The Kier molecular flexibility index (Phi) is 4.21. The highest BCUT2D eigenvalue weighted by Gasteiger charge is 2.39. The molecule has 9 nitrogen and oxygen atoms in total. The number of tetrazole rings is 1. The monoisotopic (exact) mass is 385 g/mol. The average molecular weight is 386 g/mol. The molecule has 4 rings (SSSR count). The second-order valence-electron chi connectivity index (χ2n) is 5.61. The number of allylic oxidation sites excluding steroid dienone is 1. The Labute approximate surface area is 157 Å². The van der Waals surface area contributed by atoms with Gasteiger partial charge in [0, 0.05) is 5.02 Å². The van der Waals surface area contributed by atoms with E-state index in [0.29, 0.717) is 10.6 Å². The summed E-state index contributed by atoms with van der Waals surface area (Å²) in [5.74, 6) is -0.942. The van der Waals surface area contributed by atoms with Crippen LogP contribution in [-0.4, -0.2) is 39.1 Å². The number of fused-ring (bicyclic) bond motifs is 1. The van der Waals surface area contributed by atoms with Crippen LogP contribution in [-0.2, 0) is 9.53 Å². The van der Waals surface area contributed by atoms with E-state index in [1.54, 1.807) is 30.3 Å². The van der Waals surface area contributed by atoms with Crippen LogP contribution in [0.4, 0.5) is 5.95 Å². The summed E-state index contributed by atoms with van der Waals surface area (Å²) in [4.78, 5) is 25.6. The Hall–Kier alpha value is -3.46. The van der Waals surface area contributed by atoms with E-state index in [1.165, 1.54) is 24.1 Å². The maximum absolute atomic E-state index is 13.2. The second-order valence-corrected chi connectivity index (χ2v) is 6.05. The predicted octanol–water partition coefficient (Wildman–Crippen LogP) is 2.24. The third-order valence-electron chi connectivity index (χ3n) is 4.08. The topological polar surface area (TPSA) is 112 Å². The van der Waals surface area contributed by atoms with Crippen molar-refractivity contribution in [3.8, 4) is 0 Å². The van der Waals surface area contributed by atoms with Gasteiger partial charge in [-0.2, -0.15) is 4.68 Å². The molecule has 1 N–H and O–H groups in total. The number of esters is 1. The van der Waals surface area contributed by atoms with Crippen LogP contribution >= 0.6 is 11.6 Å². The quantitative estimate of drug-likeness (QED) is 0.537. The third-order valence-corrected chi connectivity index (χ3v) is 4.33. The van der Waals surface area contributed by atoms with Crippen molar-refractivity contribution < 1.29 is 18.7 Å². The van der Waals surface area contributed by atoms with Gasteiger partial charge >= 0.3 is 5.97 Å². The number of hydrogen-bond donors (Lipinski definition) is 1. The van der Waals surface area contributed by atoms with Crippen LogP contribution in [0.5, 0.6) is 0 Å². The number of ketones is 1. The van der Waals surface area contributed by atoms with E-state index in [4.69, 9.17) is 20.8 Å². The van der Waals surface area contributed by atoms with E-state index in [0.717, 1.165) is 0 Å². The van der Waals surface area contributed by atoms with Crippen LogP contribution in [0, 0.1) is 0 Å². The lowest BCUT2D eigenvalue weighted by atomic mass is 9.91. The van der Waals surface area contributed by atoms with Crippen molar-refractivity contribution in [2.24, 2.45) is 0 Å². The molecule has 1 aromatic carbocycles. The minimum Gasteiger partial charge on any atom is -0.464 e. The Morgan fingerprint density at radius 2 is 2.04 bits per heavy atom. The fourth-order valence-electron chi connectivity index (χ4n) is 2.88.